The summed E-state index contributed by atoms with van der Waals surface area (Å²) in [6.45, 7) is 3.07. The van der Waals surface area contributed by atoms with Gasteiger partial charge in [-0.2, -0.15) is 5.10 Å². The molecule has 2 N–H and O–H groups in total. The first-order valence-electron chi connectivity index (χ1n) is 5.68. The van der Waals surface area contributed by atoms with Crippen LogP contribution < -0.4 is 5.32 Å². The van der Waals surface area contributed by atoms with Gasteiger partial charge in [0.1, 0.15) is 0 Å². The zero-order valence-electron chi connectivity index (χ0n) is 9.49. The molecular formula is C11H18BrN3O. The lowest BCUT2D eigenvalue weighted by molar-refractivity contribution is 0.157. The van der Waals surface area contributed by atoms with Crippen molar-refractivity contribution < 1.29 is 5.11 Å². The van der Waals surface area contributed by atoms with Gasteiger partial charge in [0, 0.05) is 24.3 Å². The van der Waals surface area contributed by atoms with Gasteiger partial charge in [0.2, 0.25) is 0 Å². The third-order valence-electron chi connectivity index (χ3n) is 2.97. The van der Waals surface area contributed by atoms with E-state index in [4.69, 9.17) is 0 Å². The lowest BCUT2D eigenvalue weighted by Gasteiger charge is -2.29. The monoisotopic (exact) mass is 287 g/mol. The van der Waals surface area contributed by atoms with Gasteiger partial charge in [-0.15, -0.1) is 0 Å². The minimum Gasteiger partial charge on any atom is -0.394 e. The van der Waals surface area contributed by atoms with Crippen molar-refractivity contribution in [2.75, 3.05) is 6.61 Å². The summed E-state index contributed by atoms with van der Waals surface area (Å²) >= 11 is 3.37. The standard InChI is InChI=1S/C11H18BrN3O/c1-11(8-16,14-10-2-3-10)4-5-15-7-9(12)6-13-15/h6-7,10,14,16H,2-5,8H2,1H3. The van der Waals surface area contributed by atoms with Crippen molar-refractivity contribution >= 4 is 15.9 Å². The molecule has 1 heterocycles. The number of aliphatic hydroxyl groups is 1. The van der Waals surface area contributed by atoms with Gasteiger partial charge < -0.3 is 10.4 Å². The van der Waals surface area contributed by atoms with Gasteiger partial charge in [0.25, 0.3) is 0 Å². The lowest BCUT2D eigenvalue weighted by atomic mass is 9.99. The first kappa shape index (κ1) is 12.1. The van der Waals surface area contributed by atoms with E-state index in [9.17, 15) is 5.11 Å². The summed E-state index contributed by atoms with van der Waals surface area (Å²) in [7, 11) is 0. The number of nitrogens with one attached hydrogen (secondary N) is 1. The maximum Gasteiger partial charge on any atom is 0.0632 e. The molecule has 0 amide bonds. The minimum absolute atomic E-state index is 0.173. The number of rotatable bonds is 6. The van der Waals surface area contributed by atoms with Crippen LogP contribution in [0.2, 0.25) is 0 Å². The second-order valence-corrected chi connectivity index (χ2v) is 5.72. The largest absolute Gasteiger partial charge is 0.394 e. The molecule has 1 aliphatic carbocycles. The van der Waals surface area contributed by atoms with Gasteiger partial charge in [0.15, 0.2) is 0 Å². The number of aromatic nitrogens is 2. The van der Waals surface area contributed by atoms with Crippen LogP contribution in [0.3, 0.4) is 0 Å². The summed E-state index contributed by atoms with van der Waals surface area (Å²) < 4.78 is 2.89. The van der Waals surface area contributed by atoms with Crippen molar-refractivity contribution in [2.45, 2.75) is 44.3 Å². The number of aliphatic hydroxyl groups excluding tert-OH is 1. The minimum atomic E-state index is -0.181. The van der Waals surface area contributed by atoms with Gasteiger partial charge in [-0.05, 0) is 42.1 Å². The van der Waals surface area contributed by atoms with Gasteiger partial charge in [0.05, 0.1) is 17.3 Å². The molecule has 4 nitrogen and oxygen atoms in total. The quantitative estimate of drug-likeness (QED) is 0.835. The van der Waals surface area contributed by atoms with E-state index in [2.05, 4.69) is 33.3 Å². The zero-order valence-corrected chi connectivity index (χ0v) is 11.1. The van der Waals surface area contributed by atoms with Crippen LogP contribution in [-0.2, 0) is 6.54 Å². The highest BCUT2D eigenvalue weighted by Gasteiger charge is 2.31. The number of hydrogen-bond acceptors (Lipinski definition) is 3. The van der Waals surface area contributed by atoms with Crippen molar-refractivity contribution in [2.24, 2.45) is 0 Å². The molecule has 0 spiro atoms. The topological polar surface area (TPSA) is 50.1 Å². The zero-order chi connectivity index (χ0) is 11.6. The van der Waals surface area contributed by atoms with Gasteiger partial charge in [-0.1, -0.05) is 0 Å². The molecule has 5 heteroatoms. The predicted octanol–water partition coefficient (Wildman–Crippen LogP) is 1.54. The Morgan fingerprint density at radius 1 is 1.69 bits per heavy atom. The summed E-state index contributed by atoms with van der Waals surface area (Å²) in [6, 6.07) is 0.613. The summed E-state index contributed by atoms with van der Waals surface area (Å²) in [5, 5.41) is 17.1. The fourth-order valence-electron chi connectivity index (χ4n) is 1.74. The predicted molar refractivity (Wildman–Crippen MR) is 66.2 cm³/mol. The number of aryl methyl sites for hydroxylation is 1. The molecule has 0 radical (unpaired) electrons. The normalized spacial score (nSPS) is 19.7. The molecule has 1 atom stereocenters. The fraction of sp³-hybridized carbons (Fsp3) is 0.727. The smallest absolute Gasteiger partial charge is 0.0632 e. The Balaban J connectivity index is 1.85. The van der Waals surface area contributed by atoms with Crippen molar-refractivity contribution in [3.63, 3.8) is 0 Å². The van der Waals surface area contributed by atoms with Crippen LogP contribution in [0, 0.1) is 0 Å². The molecule has 0 bridgehead atoms. The molecule has 0 aromatic carbocycles. The van der Waals surface area contributed by atoms with E-state index in [1.807, 2.05) is 10.9 Å². The maximum atomic E-state index is 9.44. The molecule has 16 heavy (non-hydrogen) atoms. The average molecular weight is 288 g/mol. The Morgan fingerprint density at radius 3 is 2.94 bits per heavy atom. The van der Waals surface area contributed by atoms with Crippen LogP contribution in [-0.4, -0.2) is 33.1 Å². The van der Waals surface area contributed by atoms with E-state index < -0.39 is 0 Å². The second kappa shape index (κ2) is 4.85. The van der Waals surface area contributed by atoms with Gasteiger partial charge in [-0.3, -0.25) is 4.68 Å². The molecule has 0 aliphatic heterocycles. The first-order chi connectivity index (χ1) is 7.61. The molecule has 1 aliphatic rings. The van der Waals surface area contributed by atoms with Crippen LogP contribution in [0.15, 0.2) is 16.9 Å². The second-order valence-electron chi connectivity index (χ2n) is 4.81. The summed E-state index contributed by atoms with van der Waals surface area (Å²) in [6.07, 6.45) is 7.10. The maximum absolute atomic E-state index is 9.44. The molecule has 90 valence electrons. The SMILES string of the molecule is CC(CO)(CCn1cc(Br)cn1)NC1CC1. The fourth-order valence-corrected chi connectivity index (χ4v) is 2.07. The van der Waals surface area contributed by atoms with E-state index in [-0.39, 0.29) is 12.1 Å². The highest BCUT2D eigenvalue weighted by atomic mass is 79.9. The molecule has 1 unspecified atom stereocenters. The average Bonchev–Trinajstić information content (AvgIpc) is 2.97. The van der Waals surface area contributed by atoms with Gasteiger partial charge >= 0.3 is 0 Å². The molecule has 2 rings (SSSR count). The van der Waals surface area contributed by atoms with Crippen molar-refractivity contribution in [1.82, 2.24) is 15.1 Å². The molecule has 1 aromatic heterocycles. The Bertz CT molecular complexity index is 351. The summed E-state index contributed by atoms with van der Waals surface area (Å²) in [5.41, 5.74) is -0.181. The highest BCUT2D eigenvalue weighted by Crippen LogP contribution is 2.24. The molecule has 1 fully saturated rings. The van der Waals surface area contributed by atoms with E-state index in [1.165, 1.54) is 12.8 Å². The van der Waals surface area contributed by atoms with Crippen LogP contribution in [0.1, 0.15) is 26.2 Å². The van der Waals surface area contributed by atoms with Crippen LogP contribution >= 0.6 is 15.9 Å². The Kier molecular flexibility index (Phi) is 3.66. The molecule has 1 aromatic rings. The third-order valence-corrected chi connectivity index (χ3v) is 3.38. The summed E-state index contributed by atoms with van der Waals surface area (Å²) in [5.74, 6) is 0. The number of nitrogens with zero attached hydrogens (tertiary/aromatic N) is 2. The molecular weight excluding hydrogens is 270 g/mol. The Hall–Kier alpha value is -0.390. The van der Waals surface area contributed by atoms with E-state index >= 15 is 0 Å². The molecule has 1 saturated carbocycles. The number of halogens is 1. The third kappa shape index (κ3) is 3.30. The van der Waals surface area contributed by atoms with Crippen LogP contribution in [0.25, 0.3) is 0 Å². The van der Waals surface area contributed by atoms with Crippen LogP contribution in [0.4, 0.5) is 0 Å². The van der Waals surface area contributed by atoms with E-state index in [1.54, 1.807) is 6.20 Å². The van der Waals surface area contributed by atoms with Crippen molar-refractivity contribution in [3.8, 4) is 0 Å². The highest BCUT2D eigenvalue weighted by molar-refractivity contribution is 9.10. The van der Waals surface area contributed by atoms with E-state index in [0.29, 0.717) is 6.04 Å². The number of hydrogen-bond donors (Lipinski definition) is 2. The van der Waals surface area contributed by atoms with Crippen molar-refractivity contribution in [1.29, 1.82) is 0 Å². The van der Waals surface area contributed by atoms with Crippen LogP contribution in [0.5, 0.6) is 0 Å². The summed E-state index contributed by atoms with van der Waals surface area (Å²) in [4.78, 5) is 0. The Labute approximate surface area is 104 Å². The molecule has 0 saturated heterocycles. The van der Waals surface area contributed by atoms with E-state index in [0.717, 1.165) is 17.4 Å². The first-order valence-corrected chi connectivity index (χ1v) is 6.47. The Morgan fingerprint density at radius 2 is 2.44 bits per heavy atom. The lowest BCUT2D eigenvalue weighted by Crippen LogP contribution is -2.47. The van der Waals surface area contributed by atoms with Gasteiger partial charge in [-0.25, -0.2) is 0 Å². The van der Waals surface area contributed by atoms with Crippen molar-refractivity contribution in [3.05, 3.63) is 16.9 Å².